The van der Waals surface area contributed by atoms with Gasteiger partial charge in [0.1, 0.15) is 17.1 Å². The fraction of sp³-hybridized carbons (Fsp3) is 0.417. The minimum Gasteiger partial charge on any atom is -0.494 e. The second-order valence-corrected chi connectivity index (χ2v) is 6.78. The van der Waals surface area contributed by atoms with Crippen LogP contribution >= 0.6 is 0 Å². The zero-order valence-electron chi connectivity index (χ0n) is 10.0. The molecule has 0 aliphatic carbocycles. The van der Waals surface area contributed by atoms with E-state index in [0.29, 0.717) is 6.42 Å². The summed E-state index contributed by atoms with van der Waals surface area (Å²) < 4.78 is 30.3. The van der Waals surface area contributed by atoms with E-state index in [2.05, 4.69) is 4.98 Å². The summed E-state index contributed by atoms with van der Waals surface area (Å²) >= 11 is 0. The standard InChI is InChI=1S/C12H14N2O3S/c1-17-11-3-2-5-14-10(11)7-13-12(14)9-4-6-18(15,16)8-9/h2-3,5,7,9H,4,6,8H2,1H3. The highest BCUT2D eigenvalue weighted by atomic mass is 32.2. The van der Waals surface area contributed by atoms with Crippen molar-refractivity contribution >= 4 is 15.4 Å². The molecule has 2 aromatic heterocycles. The Labute approximate surface area is 105 Å². The van der Waals surface area contributed by atoms with E-state index in [1.165, 1.54) is 0 Å². The first-order valence-electron chi connectivity index (χ1n) is 5.81. The molecule has 0 amide bonds. The fourth-order valence-corrected chi connectivity index (χ4v) is 4.23. The average Bonchev–Trinajstić information content (AvgIpc) is 2.91. The van der Waals surface area contributed by atoms with Crippen LogP contribution in [0.3, 0.4) is 0 Å². The van der Waals surface area contributed by atoms with E-state index in [0.717, 1.165) is 17.1 Å². The van der Waals surface area contributed by atoms with Crippen LogP contribution in [0.25, 0.3) is 5.52 Å². The van der Waals surface area contributed by atoms with Gasteiger partial charge in [0.2, 0.25) is 0 Å². The molecular formula is C12H14N2O3S. The van der Waals surface area contributed by atoms with Gasteiger partial charge in [-0.3, -0.25) is 0 Å². The number of hydrogen-bond acceptors (Lipinski definition) is 4. The average molecular weight is 266 g/mol. The number of aromatic nitrogens is 2. The van der Waals surface area contributed by atoms with Crippen LogP contribution < -0.4 is 4.74 Å². The van der Waals surface area contributed by atoms with Crippen molar-refractivity contribution in [1.82, 2.24) is 9.38 Å². The molecule has 3 rings (SSSR count). The largest absolute Gasteiger partial charge is 0.494 e. The zero-order valence-corrected chi connectivity index (χ0v) is 10.9. The van der Waals surface area contributed by atoms with Crippen LogP contribution in [-0.4, -0.2) is 36.4 Å². The molecular weight excluding hydrogens is 252 g/mol. The molecule has 1 unspecified atom stereocenters. The molecule has 0 aromatic carbocycles. The van der Waals surface area contributed by atoms with E-state index in [-0.39, 0.29) is 17.4 Å². The minimum absolute atomic E-state index is 0.00962. The van der Waals surface area contributed by atoms with E-state index in [4.69, 9.17) is 4.74 Å². The Balaban J connectivity index is 2.09. The number of methoxy groups -OCH3 is 1. The van der Waals surface area contributed by atoms with E-state index in [1.807, 2.05) is 22.7 Å². The molecule has 1 atom stereocenters. The summed E-state index contributed by atoms with van der Waals surface area (Å²) in [4.78, 5) is 4.37. The highest BCUT2D eigenvalue weighted by Gasteiger charge is 2.31. The molecule has 6 heteroatoms. The van der Waals surface area contributed by atoms with Crippen LogP contribution in [0, 0.1) is 0 Å². The van der Waals surface area contributed by atoms with E-state index < -0.39 is 9.84 Å². The van der Waals surface area contributed by atoms with Crippen LogP contribution in [0.1, 0.15) is 18.2 Å². The smallest absolute Gasteiger partial charge is 0.151 e. The molecule has 0 saturated carbocycles. The van der Waals surface area contributed by atoms with Gasteiger partial charge in [0.15, 0.2) is 9.84 Å². The molecule has 1 saturated heterocycles. The fourth-order valence-electron chi connectivity index (χ4n) is 2.49. The Morgan fingerprint density at radius 1 is 1.50 bits per heavy atom. The van der Waals surface area contributed by atoms with Crippen LogP contribution in [0.5, 0.6) is 5.75 Å². The van der Waals surface area contributed by atoms with Crippen LogP contribution in [0.2, 0.25) is 0 Å². The maximum Gasteiger partial charge on any atom is 0.151 e. The number of hydrogen-bond donors (Lipinski definition) is 0. The first-order valence-corrected chi connectivity index (χ1v) is 7.63. The molecule has 5 nitrogen and oxygen atoms in total. The van der Waals surface area contributed by atoms with Crippen LogP contribution in [0.15, 0.2) is 24.5 Å². The molecule has 96 valence electrons. The lowest BCUT2D eigenvalue weighted by Crippen LogP contribution is -2.07. The molecule has 3 heterocycles. The van der Waals surface area contributed by atoms with Crippen LogP contribution in [-0.2, 0) is 9.84 Å². The Morgan fingerprint density at radius 2 is 2.33 bits per heavy atom. The van der Waals surface area contributed by atoms with Gasteiger partial charge in [-0.25, -0.2) is 13.4 Å². The first-order chi connectivity index (χ1) is 8.61. The number of pyridine rings is 1. The quantitative estimate of drug-likeness (QED) is 0.820. The third-order valence-corrected chi connectivity index (χ3v) is 5.15. The maximum atomic E-state index is 11.5. The van der Waals surface area contributed by atoms with Crippen molar-refractivity contribution in [2.75, 3.05) is 18.6 Å². The lowest BCUT2D eigenvalue weighted by molar-refractivity contribution is 0.417. The van der Waals surface area contributed by atoms with Crippen molar-refractivity contribution in [2.24, 2.45) is 0 Å². The Kier molecular flexibility index (Phi) is 2.55. The van der Waals surface area contributed by atoms with Gasteiger partial charge in [-0.15, -0.1) is 0 Å². The Morgan fingerprint density at radius 3 is 3.00 bits per heavy atom. The van der Waals surface area contributed by atoms with E-state index in [9.17, 15) is 8.42 Å². The van der Waals surface area contributed by atoms with Crippen LogP contribution in [0.4, 0.5) is 0 Å². The van der Waals surface area contributed by atoms with Gasteiger partial charge < -0.3 is 9.14 Å². The summed E-state index contributed by atoms with van der Waals surface area (Å²) in [5, 5.41) is 0. The molecule has 0 spiro atoms. The van der Waals surface area contributed by atoms with Gasteiger partial charge in [-0.1, -0.05) is 0 Å². The number of sulfone groups is 1. The predicted molar refractivity (Wildman–Crippen MR) is 67.8 cm³/mol. The monoisotopic (exact) mass is 266 g/mol. The Bertz CT molecular complexity index is 690. The van der Waals surface area contributed by atoms with Gasteiger partial charge in [0.25, 0.3) is 0 Å². The highest BCUT2D eigenvalue weighted by molar-refractivity contribution is 7.91. The maximum absolute atomic E-state index is 11.5. The minimum atomic E-state index is -2.89. The summed E-state index contributed by atoms with van der Waals surface area (Å²) in [6.45, 7) is 0. The number of ether oxygens (including phenoxy) is 1. The van der Waals surface area contributed by atoms with Crippen molar-refractivity contribution in [3.8, 4) is 5.75 Å². The predicted octanol–water partition coefficient (Wildman–Crippen LogP) is 1.24. The topological polar surface area (TPSA) is 60.7 Å². The number of rotatable bonds is 2. The van der Waals surface area contributed by atoms with Crippen molar-refractivity contribution in [2.45, 2.75) is 12.3 Å². The summed E-state index contributed by atoms with van der Waals surface area (Å²) in [7, 11) is -1.28. The summed E-state index contributed by atoms with van der Waals surface area (Å²) in [6, 6.07) is 3.74. The molecule has 0 N–H and O–H groups in total. The highest BCUT2D eigenvalue weighted by Crippen LogP contribution is 2.30. The number of imidazole rings is 1. The third kappa shape index (κ3) is 1.77. The lowest BCUT2D eigenvalue weighted by atomic mass is 10.1. The second-order valence-electron chi connectivity index (χ2n) is 4.55. The molecule has 18 heavy (non-hydrogen) atoms. The van der Waals surface area contributed by atoms with Crippen molar-refractivity contribution in [3.63, 3.8) is 0 Å². The second kappa shape index (κ2) is 3.98. The van der Waals surface area contributed by atoms with Crippen molar-refractivity contribution < 1.29 is 13.2 Å². The van der Waals surface area contributed by atoms with Gasteiger partial charge in [0, 0.05) is 12.1 Å². The number of nitrogens with zero attached hydrogens (tertiary/aromatic N) is 2. The normalized spacial score (nSPS) is 22.4. The number of fused-ring (bicyclic) bond motifs is 1. The molecule has 0 radical (unpaired) electrons. The molecule has 0 bridgehead atoms. The van der Waals surface area contributed by atoms with Gasteiger partial charge in [0.05, 0.1) is 24.8 Å². The van der Waals surface area contributed by atoms with Gasteiger partial charge in [-0.2, -0.15) is 0 Å². The summed E-state index contributed by atoms with van der Waals surface area (Å²) in [6.07, 6.45) is 4.28. The lowest BCUT2D eigenvalue weighted by Gasteiger charge is -2.08. The Hall–Kier alpha value is -1.56. The SMILES string of the molecule is COc1cccn2c(C3CCS(=O)(=O)C3)ncc12. The van der Waals surface area contributed by atoms with Crippen molar-refractivity contribution in [1.29, 1.82) is 0 Å². The summed E-state index contributed by atoms with van der Waals surface area (Å²) in [5.41, 5.74) is 0.874. The van der Waals surface area contributed by atoms with Gasteiger partial charge >= 0.3 is 0 Å². The summed E-state index contributed by atoms with van der Waals surface area (Å²) in [5.74, 6) is 2.01. The molecule has 1 aliphatic rings. The molecule has 1 fully saturated rings. The van der Waals surface area contributed by atoms with E-state index in [1.54, 1.807) is 13.3 Å². The molecule has 2 aromatic rings. The van der Waals surface area contributed by atoms with E-state index >= 15 is 0 Å². The van der Waals surface area contributed by atoms with Gasteiger partial charge in [-0.05, 0) is 18.6 Å². The first kappa shape index (κ1) is 11.5. The molecule has 1 aliphatic heterocycles. The van der Waals surface area contributed by atoms with Crippen molar-refractivity contribution in [3.05, 3.63) is 30.4 Å². The third-order valence-electron chi connectivity index (χ3n) is 3.38. The zero-order chi connectivity index (χ0) is 12.8.